The number of allylic oxidation sites excluding steroid dienone is 1. The van der Waals surface area contributed by atoms with Gasteiger partial charge in [0, 0.05) is 5.56 Å². The lowest BCUT2D eigenvalue weighted by Gasteiger charge is -2.09. The zero-order valence-corrected chi connectivity index (χ0v) is 16.9. The van der Waals surface area contributed by atoms with Crippen LogP contribution >= 0.6 is 0 Å². The topological polar surface area (TPSA) is 0 Å². The Labute approximate surface area is 167 Å². The van der Waals surface area contributed by atoms with Gasteiger partial charge in [-0.05, 0) is 102 Å². The van der Waals surface area contributed by atoms with Crippen molar-refractivity contribution >= 4 is 27.6 Å². The van der Waals surface area contributed by atoms with Gasteiger partial charge in [0.25, 0.3) is 0 Å². The Morgan fingerprint density at radius 3 is 2.14 bits per heavy atom. The monoisotopic (exact) mass is 360 g/mol. The van der Waals surface area contributed by atoms with E-state index in [4.69, 9.17) is 0 Å². The fraction of sp³-hybridized carbons (Fsp3) is 0.143. The molecule has 0 saturated carbocycles. The first-order valence-corrected chi connectivity index (χ1v) is 9.70. The van der Waals surface area contributed by atoms with Gasteiger partial charge in [-0.1, -0.05) is 59.9 Å². The van der Waals surface area contributed by atoms with Crippen LogP contribution < -0.4 is 0 Å². The van der Waals surface area contributed by atoms with Crippen molar-refractivity contribution < 1.29 is 0 Å². The van der Waals surface area contributed by atoms with Crippen molar-refractivity contribution in [2.45, 2.75) is 27.7 Å². The van der Waals surface area contributed by atoms with Gasteiger partial charge in [-0.2, -0.15) is 0 Å². The predicted octanol–water partition coefficient (Wildman–Crippen LogP) is 7.29. The van der Waals surface area contributed by atoms with Crippen LogP contribution in [0.25, 0.3) is 27.6 Å². The maximum atomic E-state index is 3.24. The Balaban J connectivity index is 1.71. The standard InChI is InChI=1S/C28H24/c1-19-13-20(2)16-24(15-19)8-6-5-7-23-9-10-25-11-12-26-17-21(3)14-22(4)28(26)27(25)18-23/h5,7,9-18H,1-4H3/b7-5-. The molecule has 4 aromatic carbocycles. The number of aryl methyl sites for hydroxylation is 4. The minimum atomic E-state index is 1.07. The number of hydrogen-bond donors (Lipinski definition) is 0. The summed E-state index contributed by atoms with van der Waals surface area (Å²) in [7, 11) is 0. The molecule has 0 aliphatic rings. The second-order valence-corrected chi connectivity index (χ2v) is 7.71. The highest BCUT2D eigenvalue weighted by Crippen LogP contribution is 2.30. The molecular weight excluding hydrogens is 336 g/mol. The second-order valence-electron chi connectivity index (χ2n) is 7.71. The average Bonchev–Trinajstić information content (AvgIpc) is 2.63. The third kappa shape index (κ3) is 3.71. The van der Waals surface area contributed by atoms with E-state index in [9.17, 15) is 0 Å². The molecule has 136 valence electrons. The zero-order valence-electron chi connectivity index (χ0n) is 16.9. The summed E-state index contributed by atoms with van der Waals surface area (Å²) in [6.45, 7) is 8.57. The smallest absolute Gasteiger partial charge is 0.0254 e. The van der Waals surface area contributed by atoms with Gasteiger partial charge in [-0.25, -0.2) is 0 Å². The van der Waals surface area contributed by atoms with E-state index in [1.807, 2.05) is 6.08 Å². The SMILES string of the molecule is Cc1cc(C)cc(C#C/C=C\c2ccc3ccc4cc(C)cc(C)c4c3c2)c1. The summed E-state index contributed by atoms with van der Waals surface area (Å²) in [6.07, 6.45) is 4.04. The lowest BCUT2D eigenvalue weighted by Crippen LogP contribution is -1.85. The van der Waals surface area contributed by atoms with Gasteiger partial charge < -0.3 is 0 Å². The quantitative estimate of drug-likeness (QED) is 0.247. The molecule has 0 aliphatic heterocycles. The fourth-order valence-corrected chi connectivity index (χ4v) is 4.03. The molecule has 0 aromatic heterocycles. The van der Waals surface area contributed by atoms with E-state index in [1.165, 1.54) is 49.4 Å². The van der Waals surface area contributed by atoms with Gasteiger partial charge >= 0.3 is 0 Å². The summed E-state index contributed by atoms with van der Waals surface area (Å²) < 4.78 is 0. The van der Waals surface area contributed by atoms with Gasteiger partial charge in [0.05, 0.1) is 0 Å². The molecule has 0 saturated heterocycles. The molecule has 0 nitrogen and oxygen atoms in total. The summed E-state index contributed by atoms with van der Waals surface area (Å²) >= 11 is 0. The average molecular weight is 361 g/mol. The lowest BCUT2D eigenvalue weighted by atomic mass is 9.95. The minimum absolute atomic E-state index is 1.07. The molecule has 0 spiro atoms. The molecule has 0 N–H and O–H groups in total. The van der Waals surface area contributed by atoms with Crippen molar-refractivity contribution in [1.82, 2.24) is 0 Å². The van der Waals surface area contributed by atoms with Gasteiger partial charge in [0.2, 0.25) is 0 Å². The molecule has 0 atom stereocenters. The highest BCUT2D eigenvalue weighted by molar-refractivity contribution is 6.09. The Morgan fingerprint density at radius 1 is 0.679 bits per heavy atom. The van der Waals surface area contributed by atoms with Crippen LogP contribution in [0.3, 0.4) is 0 Å². The molecule has 0 bridgehead atoms. The first-order chi connectivity index (χ1) is 13.5. The Bertz CT molecular complexity index is 1270. The number of hydrogen-bond acceptors (Lipinski definition) is 0. The molecule has 0 heterocycles. The molecule has 28 heavy (non-hydrogen) atoms. The van der Waals surface area contributed by atoms with Crippen molar-refractivity contribution in [2.24, 2.45) is 0 Å². The van der Waals surface area contributed by atoms with Gasteiger partial charge in [0.1, 0.15) is 0 Å². The van der Waals surface area contributed by atoms with Crippen LogP contribution in [0.2, 0.25) is 0 Å². The van der Waals surface area contributed by atoms with Crippen LogP contribution in [0, 0.1) is 39.5 Å². The minimum Gasteiger partial charge on any atom is -0.0696 e. The van der Waals surface area contributed by atoms with E-state index >= 15 is 0 Å². The van der Waals surface area contributed by atoms with Crippen molar-refractivity contribution in [2.75, 3.05) is 0 Å². The van der Waals surface area contributed by atoms with E-state index in [2.05, 4.69) is 106 Å². The largest absolute Gasteiger partial charge is 0.0696 e. The summed E-state index contributed by atoms with van der Waals surface area (Å²) in [5.41, 5.74) is 7.38. The van der Waals surface area contributed by atoms with Crippen LogP contribution in [-0.4, -0.2) is 0 Å². The Morgan fingerprint density at radius 2 is 1.36 bits per heavy atom. The maximum absolute atomic E-state index is 3.24. The van der Waals surface area contributed by atoms with Crippen LogP contribution in [0.4, 0.5) is 0 Å². The Kier molecular flexibility index (Phi) is 4.76. The normalized spacial score (nSPS) is 11.1. The van der Waals surface area contributed by atoms with E-state index in [-0.39, 0.29) is 0 Å². The Hall–Kier alpha value is -3.30. The van der Waals surface area contributed by atoms with Crippen LogP contribution in [0.1, 0.15) is 33.4 Å². The number of benzene rings is 4. The van der Waals surface area contributed by atoms with Crippen molar-refractivity contribution in [3.63, 3.8) is 0 Å². The first-order valence-electron chi connectivity index (χ1n) is 9.70. The highest BCUT2D eigenvalue weighted by Gasteiger charge is 2.05. The van der Waals surface area contributed by atoms with Crippen LogP contribution in [0.15, 0.2) is 66.7 Å². The van der Waals surface area contributed by atoms with Gasteiger partial charge in [0.15, 0.2) is 0 Å². The molecule has 4 rings (SSSR count). The van der Waals surface area contributed by atoms with Crippen molar-refractivity contribution in [1.29, 1.82) is 0 Å². The van der Waals surface area contributed by atoms with Crippen LogP contribution in [0.5, 0.6) is 0 Å². The van der Waals surface area contributed by atoms with E-state index < -0.39 is 0 Å². The molecule has 0 amide bonds. The summed E-state index contributed by atoms with van der Waals surface area (Å²) in [5, 5.41) is 5.23. The second kappa shape index (κ2) is 7.37. The molecule has 0 aliphatic carbocycles. The molecule has 4 aromatic rings. The van der Waals surface area contributed by atoms with E-state index in [0.29, 0.717) is 0 Å². The van der Waals surface area contributed by atoms with E-state index in [1.54, 1.807) is 0 Å². The third-order valence-corrected chi connectivity index (χ3v) is 5.10. The van der Waals surface area contributed by atoms with Crippen molar-refractivity contribution in [3.8, 4) is 11.8 Å². The zero-order chi connectivity index (χ0) is 19.7. The maximum Gasteiger partial charge on any atom is 0.0254 e. The molecule has 0 radical (unpaired) electrons. The molecule has 0 heteroatoms. The van der Waals surface area contributed by atoms with Gasteiger partial charge in [-0.15, -0.1) is 0 Å². The summed E-state index contributed by atoms with van der Waals surface area (Å²) in [4.78, 5) is 0. The molecule has 0 unspecified atom stereocenters. The predicted molar refractivity (Wildman–Crippen MR) is 123 cm³/mol. The fourth-order valence-electron chi connectivity index (χ4n) is 4.03. The number of rotatable bonds is 1. The van der Waals surface area contributed by atoms with Gasteiger partial charge in [-0.3, -0.25) is 0 Å². The highest BCUT2D eigenvalue weighted by atomic mass is 14.1. The van der Waals surface area contributed by atoms with E-state index in [0.717, 1.165) is 5.56 Å². The first kappa shape index (κ1) is 18.1. The third-order valence-electron chi connectivity index (χ3n) is 5.10. The van der Waals surface area contributed by atoms with Crippen LogP contribution in [-0.2, 0) is 0 Å². The lowest BCUT2D eigenvalue weighted by molar-refractivity contribution is 1.37. The molecule has 0 fully saturated rings. The summed E-state index contributed by atoms with van der Waals surface area (Å²) in [5.74, 6) is 6.42. The number of fused-ring (bicyclic) bond motifs is 3. The molecular formula is C28H24. The van der Waals surface area contributed by atoms with Crippen molar-refractivity contribution in [3.05, 3.63) is 100 Å². The summed E-state index contributed by atoms with van der Waals surface area (Å²) in [6, 6.07) is 22.0.